The van der Waals surface area contributed by atoms with Crippen LogP contribution in [0.1, 0.15) is 44.1 Å². The fourth-order valence-electron chi connectivity index (χ4n) is 2.51. The number of ether oxygens (including phenoxy) is 2. The maximum Gasteiger partial charge on any atom is 0.305 e. The van der Waals surface area contributed by atoms with Crippen molar-refractivity contribution in [3.63, 3.8) is 0 Å². The number of hydrogen-bond donors (Lipinski definition) is 0. The van der Waals surface area contributed by atoms with E-state index in [0.29, 0.717) is 18.9 Å². The highest BCUT2D eigenvalue weighted by Crippen LogP contribution is 2.30. The van der Waals surface area contributed by atoms with E-state index in [1.54, 1.807) is 0 Å². The minimum Gasteiger partial charge on any atom is -0.489 e. The number of esters is 1. The molecular formula is C16H21BrO3. The lowest BCUT2D eigenvalue weighted by molar-refractivity contribution is -0.140. The number of methoxy groups -OCH3 is 1. The van der Waals surface area contributed by atoms with Gasteiger partial charge in [-0.2, -0.15) is 0 Å². The number of hydrogen-bond acceptors (Lipinski definition) is 3. The van der Waals surface area contributed by atoms with Gasteiger partial charge in [-0.15, -0.1) is 0 Å². The number of carbonyl (C=O) groups is 1. The molecule has 1 aliphatic rings. The van der Waals surface area contributed by atoms with Crippen LogP contribution in [0.5, 0.6) is 5.75 Å². The van der Waals surface area contributed by atoms with Gasteiger partial charge in [-0.05, 0) is 65.7 Å². The van der Waals surface area contributed by atoms with Gasteiger partial charge in [0.25, 0.3) is 0 Å². The summed E-state index contributed by atoms with van der Waals surface area (Å²) in [6, 6.07) is 6.04. The molecule has 4 heteroatoms. The summed E-state index contributed by atoms with van der Waals surface area (Å²) in [5.41, 5.74) is 1.11. The Morgan fingerprint density at radius 3 is 2.70 bits per heavy atom. The van der Waals surface area contributed by atoms with Crippen molar-refractivity contribution >= 4 is 21.9 Å². The lowest BCUT2D eigenvalue weighted by atomic mass is 9.98. The monoisotopic (exact) mass is 340 g/mol. The summed E-state index contributed by atoms with van der Waals surface area (Å²) < 4.78 is 11.7. The minimum atomic E-state index is -0.177. The summed E-state index contributed by atoms with van der Waals surface area (Å²) >= 11 is 3.56. The van der Waals surface area contributed by atoms with Crippen LogP contribution in [0.15, 0.2) is 22.7 Å². The normalized spacial score (nSPS) is 15.9. The van der Waals surface area contributed by atoms with Gasteiger partial charge in [0.1, 0.15) is 5.75 Å². The minimum absolute atomic E-state index is 0.177. The van der Waals surface area contributed by atoms with E-state index >= 15 is 0 Å². The van der Waals surface area contributed by atoms with E-state index in [-0.39, 0.29) is 5.97 Å². The topological polar surface area (TPSA) is 35.5 Å². The van der Waals surface area contributed by atoms with Crippen molar-refractivity contribution < 1.29 is 14.3 Å². The first-order valence-corrected chi connectivity index (χ1v) is 8.00. The van der Waals surface area contributed by atoms with Gasteiger partial charge >= 0.3 is 5.97 Å². The lowest BCUT2D eigenvalue weighted by Gasteiger charge is -2.23. The molecule has 0 spiro atoms. The number of benzene rings is 1. The largest absolute Gasteiger partial charge is 0.489 e. The Kier molecular flexibility index (Phi) is 5.89. The summed E-state index contributed by atoms with van der Waals surface area (Å²) in [6.45, 7) is 0. The highest BCUT2D eigenvalue weighted by molar-refractivity contribution is 9.10. The van der Waals surface area contributed by atoms with Crippen molar-refractivity contribution in [2.24, 2.45) is 0 Å². The van der Waals surface area contributed by atoms with Gasteiger partial charge in [0.15, 0.2) is 0 Å². The van der Waals surface area contributed by atoms with Crippen LogP contribution >= 0.6 is 15.9 Å². The second kappa shape index (κ2) is 7.67. The molecule has 1 saturated carbocycles. The second-order valence-electron chi connectivity index (χ2n) is 5.22. The molecule has 1 aromatic rings. The van der Waals surface area contributed by atoms with Crippen LogP contribution in [-0.4, -0.2) is 19.2 Å². The van der Waals surface area contributed by atoms with E-state index in [1.807, 2.05) is 18.2 Å². The molecule has 0 aromatic heterocycles. The van der Waals surface area contributed by atoms with Crippen LogP contribution in [0.25, 0.3) is 0 Å². The van der Waals surface area contributed by atoms with Crippen molar-refractivity contribution in [2.75, 3.05) is 7.11 Å². The molecule has 20 heavy (non-hydrogen) atoms. The van der Waals surface area contributed by atoms with E-state index in [1.165, 1.54) is 26.4 Å². The van der Waals surface area contributed by atoms with Gasteiger partial charge in [-0.3, -0.25) is 4.79 Å². The van der Waals surface area contributed by atoms with E-state index in [4.69, 9.17) is 4.74 Å². The Balaban J connectivity index is 1.92. The molecule has 0 saturated heterocycles. The van der Waals surface area contributed by atoms with Crippen LogP contribution in [0.3, 0.4) is 0 Å². The molecule has 0 heterocycles. The van der Waals surface area contributed by atoms with E-state index in [2.05, 4.69) is 20.7 Å². The Hall–Kier alpha value is -1.03. The maximum absolute atomic E-state index is 11.1. The quantitative estimate of drug-likeness (QED) is 0.751. The number of carbonyl (C=O) groups excluding carboxylic acids is 1. The fourth-order valence-corrected chi connectivity index (χ4v) is 3.03. The maximum atomic E-state index is 11.1. The molecule has 0 amide bonds. The van der Waals surface area contributed by atoms with Gasteiger partial charge in [0.2, 0.25) is 0 Å². The van der Waals surface area contributed by atoms with Gasteiger partial charge in [0.05, 0.1) is 17.7 Å². The summed E-state index contributed by atoms with van der Waals surface area (Å²) in [6.07, 6.45) is 7.60. The van der Waals surface area contributed by atoms with E-state index < -0.39 is 0 Å². The zero-order chi connectivity index (χ0) is 14.4. The molecular weight excluding hydrogens is 320 g/mol. The zero-order valence-corrected chi connectivity index (χ0v) is 13.4. The summed E-state index contributed by atoms with van der Waals surface area (Å²) in [5, 5.41) is 0. The molecule has 1 fully saturated rings. The second-order valence-corrected chi connectivity index (χ2v) is 6.07. The van der Waals surface area contributed by atoms with E-state index in [9.17, 15) is 4.79 Å². The highest BCUT2D eigenvalue weighted by atomic mass is 79.9. The Bertz CT molecular complexity index is 453. The van der Waals surface area contributed by atoms with Crippen molar-refractivity contribution in [3.8, 4) is 5.75 Å². The van der Waals surface area contributed by atoms with Gasteiger partial charge in [0, 0.05) is 6.42 Å². The average molecular weight is 341 g/mol. The van der Waals surface area contributed by atoms with E-state index in [0.717, 1.165) is 28.6 Å². The molecule has 0 unspecified atom stereocenters. The van der Waals surface area contributed by atoms with Crippen LogP contribution in [0.2, 0.25) is 0 Å². The third kappa shape index (κ3) is 4.51. The molecule has 1 aliphatic carbocycles. The van der Waals surface area contributed by atoms with Crippen molar-refractivity contribution in [3.05, 3.63) is 28.2 Å². The van der Waals surface area contributed by atoms with Crippen LogP contribution in [0.4, 0.5) is 0 Å². The lowest BCUT2D eigenvalue weighted by Crippen LogP contribution is -2.19. The zero-order valence-electron chi connectivity index (χ0n) is 11.9. The first kappa shape index (κ1) is 15.4. The molecule has 1 aromatic carbocycles. The molecule has 0 N–H and O–H groups in total. The highest BCUT2D eigenvalue weighted by Gasteiger charge is 2.16. The smallest absolute Gasteiger partial charge is 0.305 e. The standard InChI is InChI=1S/C16H21BrO3/c1-19-16(18)10-8-12-7-9-15(14(17)11-12)20-13-5-3-2-4-6-13/h7,9,11,13H,2-6,8,10H2,1H3. The third-order valence-corrected chi connectivity index (χ3v) is 4.31. The Labute approximate surface area is 128 Å². The molecule has 0 aliphatic heterocycles. The number of halogens is 1. The molecule has 3 nitrogen and oxygen atoms in total. The van der Waals surface area contributed by atoms with Crippen molar-refractivity contribution in [1.29, 1.82) is 0 Å². The first-order chi connectivity index (χ1) is 9.69. The van der Waals surface area contributed by atoms with Crippen molar-refractivity contribution in [1.82, 2.24) is 0 Å². The summed E-state index contributed by atoms with van der Waals surface area (Å²) in [4.78, 5) is 11.1. The predicted molar refractivity (Wildman–Crippen MR) is 82.0 cm³/mol. The summed E-state index contributed by atoms with van der Waals surface area (Å²) in [7, 11) is 1.42. The Morgan fingerprint density at radius 2 is 2.05 bits per heavy atom. The van der Waals surface area contributed by atoms with Crippen LogP contribution < -0.4 is 4.74 Å². The van der Waals surface area contributed by atoms with Gasteiger partial charge in [-0.25, -0.2) is 0 Å². The predicted octanol–water partition coefficient (Wildman–Crippen LogP) is 4.27. The SMILES string of the molecule is COC(=O)CCc1ccc(OC2CCCCC2)c(Br)c1. The van der Waals surface area contributed by atoms with Gasteiger partial charge < -0.3 is 9.47 Å². The number of rotatable bonds is 5. The van der Waals surface area contributed by atoms with Crippen molar-refractivity contribution in [2.45, 2.75) is 51.0 Å². The molecule has 0 bridgehead atoms. The van der Waals surface area contributed by atoms with Gasteiger partial charge in [-0.1, -0.05) is 12.5 Å². The fraction of sp³-hybridized carbons (Fsp3) is 0.562. The van der Waals surface area contributed by atoms with Crippen LogP contribution in [0, 0.1) is 0 Å². The molecule has 2 rings (SSSR count). The summed E-state index contributed by atoms with van der Waals surface area (Å²) in [5.74, 6) is 0.724. The molecule has 0 radical (unpaired) electrons. The van der Waals surface area contributed by atoms with Crippen LogP contribution in [-0.2, 0) is 16.0 Å². The average Bonchev–Trinajstić information content (AvgIpc) is 2.48. The number of aryl methyl sites for hydroxylation is 1. The third-order valence-electron chi connectivity index (χ3n) is 3.69. The Morgan fingerprint density at radius 1 is 1.30 bits per heavy atom. The first-order valence-electron chi connectivity index (χ1n) is 7.21. The molecule has 0 atom stereocenters. The molecule has 110 valence electrons.